The van der Waals surface area contributed by atoms with Crippen molar-refractivity contribution in [2.45, 2.75) is 45.1 Å². The molecule has 1 aliphatic heterocycles. The number of fused-ring (bicyclic) bond motifs is 1. The van der Waals surface area contributed by atoms with Gasteiger partial charge in [0, 0.05) is 24.3 Å². The zero-order valence-electron chi connectivity index (χ0n) is 12.3. The topological polar surface area (TPSA) is 61.4 Å². The standard InChI is InChI=1S/C16H24N2O2/c1-3-16(20,4-2)11-18-15(19)13-7-8-14-12(10-13)6-5-9-17-14/h7-8,10,17,20H,3-6,9,11H2,1-2H3,(H,18,19). The van der Waals surface area contributed by atoms with Crippen molar-refractivity contribution in [3.8, 4) is 0 Å². The first-order chi connectivity index (χ1) is 9.58. The summed E-state index contributed by atoms with van der Waals surface area (Å²) in [7, 11) is 0. The molecule has 110 valence electrons. The molecule has 1 aromatic rings. The molecule has 1 heterocycles. The van der Waals surface area contributed by atoms with Crippen LogP contribution in [0.1, 0.15) is 49.0 Å². The van der Waals surface area contributed by atoms with E-state index in [1.807, 2.05) is 32.0 Å². The van der Waals surface area contributed by atoms with Gasteiger partial charge in [0.05, 0.1) is 5.60 Å². The average Bonchev–Trinajstić information content (AvgIpc) is 2.51. The lowest BCUT2D eigenvalue weighted by Crippen LogP contribution is -2.42. The van der Waals surface area contributed by atoms with Gasteiger partial charge in [-0.25, -0.2) is 0 Å². The van der Waals surface area contributed by atoms with Gasteiger partial charge in [-0.2, -0.15) is 0 Å². The van der Waals surface area contributed by atoms with Gasteiger partial charge in [0.2, 0.25) is 0 Å². The minimum absolute atomic E-state index is 0.112. The highest BCUT2D eigenvalue weighted by Crippen LogP contribution is 2.23. The van der Waals surface area contributed by atoms with Gasteiger partial charge in [0.25, 0.3) is 5.91 Å². The van der Waals surface area contributed by atoms with Gasteiger partial charge in [-0.05, 0) is 49.4 Å². The van der Waals surface area contributed by atoms with E-state index < -0.39 is 5.60 Å². The predicted octanol–water partition coefficient (Wildman–Crippen LogP) is 2.33. The number of amides is 1. The van der Waals surface area contributed by atoms with Crippen LogP contribution in [-0.2, 0) is 6.42 Å². The molecular formula is C16H24N2O2. The monoisotopic (exact) mass is 276 g/mol. The molecule has 3 N–H and O–H groups in total. The largest absolute Gasteiger partial charge is 0.388 e. The third-order valence-corrected chi connectivity index (χ3v) is 4.20. The number of benzene rings is 1. The van der Waals surface area contributed by atoms with Crippen molar-refractivity contribution in [1.29, 1.82) is 0 Å². The maximum absolute atomic E-state index is 12.2. The number of hydrogen-bond acceptors (Lipinski definition) is 3. The highest BCUT2D eigenvalue weighted by molar-refractivity contribution is 5.95. The molecule has 0 bridgehead atoms. The number of anilines is 1. The van der Waals surface area contributed by atoms with E-state index in [0.717, 1.165) is 25.1 Å². The molecule has 0 saturated carbocycles. The summed E-state index contributed by atoms with van der Waals surface area (Å²) in [5, 5.41) is 16.4. The van der Waals surface area contributed by atoms with Crippen molar-refractivity contribution < 1.29 is 9.90 Å². The molecule has 1 aliphatic rings. The van der Waals surface area contributed by atoms with Crippen LogP contribution in [0.4, 0.5) is 5.69 Å². The fourth-order valence-corrected chi connectivity index (χ4v) is 2.46. The third-order valence-electron chi connectivity index (χ3n) is 4.20. The molecule has 20 heavy (non-hydrogen) atoms. The molecule has 0 spiro atoms. The number of aliphatic hydroxyl groups is 1. The number of carbonyl (C=O) groups excluding carboxylic acids is 1. The summed E-state index contributed by atoms with van der Waals surface area (Å²) < 4.78 is 0. The summed E-state index contributed by atoms with van der Waals surface area (Å²) in [6.45, 7) is 5.16. The van der Waals surface area contributed by atoms with Gasteiger partial charge in [-0.3, -0.25) is 4.79 Å². The Kier molecular flexibility index (Phi) is 4.65. The second-order valence-electron chi connectivity index (χ2n) is 5.52. The Morgan fingerprint density at radius 2 is 2.15 bits per heavy atom. The van der Waals surface area contributed by atoms with Gasteiger partial charge in [-0.1, -0.05) is 13.8 Å². The molecule has 0 fully saturated rings. The lowest BCUT2D eigenvalue weighted by atomic mass is 9.97. The van der Waals surface area contributed by atoms with Crippen LogP contribution in [0.15, 0.2) is 18.2 Å². The van der Waals surface area contributed by atoms with Gasteiger partial charge in [0.1, 0.15) is 0 Å². The van der Waals surface area contributed by atoms with Gasteiger partial charge >= 0.3 is 0 Å². The molecule has 0 aliphatic carbocycles. The molecule has 0 unspecified atom stereocenters. The van der Waals surface area contributed by atoms with Gasteiger partial charge < -0.3 is 15.7 Å². The minimum Gasteiger partial charge on any atom is -0.388 e. The van der Waals surface area contributed by atoms with Crippen LogP contribution >= 0.6 is 0 Å². The van der Waals surface area contributed by atoms with Crippen molar-refractivity contribution in [3.05, 3.63) is 29.3 Å². The first-order valence-corrected chi connectivity index (χ1v) is 7.45. The van der Waals surface area contributed by atoms with Crippen LogP contribution in [0.5, 0.6) is 0 Å². The fraction of sp³-hybridized carbons (Fsp3) is 0.562. The van der Waals surface area contributed by atoms with E-state index in [2.05, 4.69) is 10.6 Å². The summed E-state index contributed by atoms with van der Waals surface area (Å²) >= 11 is 0. The lowest BCUT2D eigenvalue weighted by molar-refractivity contribution is 0.0314. The highest BCUT2D eigenvalue weighted by Gasteiger charge is 2.23. The molecule has 4 nitrogen and oxygen atoms in total. The van der Waals surface area contributed by atoms with E-state index >= 15 is 0 Å². The Hall–Kier alpha value is -1.55. The smallest absolute Gasteiger partial charge is 0.251 e. The van der Waals surface area contributed by atoms with Crippen LogP contribution < -0.4 is 10.6 Å². The Morgan fingerprint density at radius 3 is 2.85 bits per heavy atom. The maximum atomic E-state index is 12.2. The van der Waals surface area contributed by atoms with Crippen molar-refractivity contribution in [2.24, 2.45) is 0 Å². The zero-order chi connectivity index (χ0) is 14.6. The SMILES string of the molecule is CCC(O)(CC)CNC(=O)c1ccc2c(c1)CCCN2. The summed E-state index contributed by atoms with van der Waals surface area (Å²) in [4.78, 5) is 12.2. The van der Waals surface area contributed by atoms with E-state index in [1.165, 1.54) is 5.56 Å². The normalized spacial score (nSPS) is 14.3. The Morgan fingerprint density at radius 1 is 1.40 bits per heavy atom. The molecule has 1 amide bonds. The Balaban J connectivity index is 2.02. The predicted molar refractivity (Wildman–Crippen MR) is 81.1 cm³/mol. The molecule has 4 heteroatoms. The second-order valence-corrected chi connectivity index (χ2v) is 5.52. The number of hydrogen-bond donors (Lipinski definition) is 3. The molecule has 0 saturated heterocycles. The first-order valence-electron chi connectivity index (χ1n) is 7.45. The number of aryl methyl sites for hydroxylation is 1. The van der Waals surface area contributed by atoms with E-state index in [9.17, 15) is 9.90 Å². The van der Waals surface area contributed by atoms with Gasteiger partial charge in [0.15, 0.2) is 0 Å². The molecule has 1 aromatic carbocycles. The third kappa shape index (κ3) is 3.31. The van der Waals surface area contributed by atoms with Crippen molar-refractivity contribution in [3.63, 3.8) is 0 Å². The molecule has 2 rings (SSSR count). The fourth-order valence-electron chi connectivity index (χ4n) is 2.46. The number of rotatable bonds is 5. The zero-order valence-corrected chi connectivity index (χ0v) is 12.3. The average molecular weight is 276 g/mol. The van der Waals surface area contributed by atoms with Crippen molar-refractivity contribution >= 4 is 11.6 Å². The van der Waals surface area contributed by atoms with Crippen LogP contribution in [0.25, 0.3) is 0 Å². The number of nitrogens with one attached hydrogen (secondary N) is 2. The summed E-state index contributed by atoms with van der Waals surface area (Å²) in [6, 6.07) is 5.76. The molecular weight excluding hydrogens is 252 g/mol. The van der Waals surface area contributed by atoms with Gasteiger partial charge in [-0.15, -0.1) is 0 Å². The Bertz CT molecular complexity index is 481. The summed E-state index contributed by atoms with van der Waals surface area (Å²) in [6.07, 6.45) is 3.39. The molecule has 0 radical (unpaired) electrons. The van der Waals surface area contributed by atoms with Crippen LogP contribution in [0, 0.1) is 0 Å². The quantitative estimate of drug-likeness (QED) is 0.773. The lowest BCUT2D eigenvalue weighted by Gasteiger charge is -2.25. The van der Waals surface area contributed by atoms with E-state index in [1.54, 1.807) is 0 Å². The van der Waals surface area contributed by atoms with E-state index in [4.69, 9.17) is 0 Å². The van der Waals surface area contributed by atoms with Crippen LogP contribution in [0.2, 0.25) is 0 Å². The highest BCUT2D eigenvalue weighted by atomic mass is 16.3. The number of carbonyl (C=O) groups is 1. The van der Waals surface area contributed by atoms with E-state index in [-0.39, 0.29) is 5.91 Å². The van der Waals surface area contributed by atoms with Crippen LogP contribution in [0.3, 0.4) is 0 Å². The summed E-state index contributed by atoms with van der Waals surface area (Å²) in [5.74, 6) is -0.112. The first kappa shape index (κ1) is 14.9. The second kappa shape index (κ2) is 6.27. The molecule has 0 aromatic heterocycles. The van der Waals surface area contributed by atoms with Crippen molar-refractivity contribution in [1.82, 2.24) is 5.32 Å². The molecule has 0 atom stereocenters. The maximum Gasteiger partial charge on any atom is 0.251 e. The minimum atomic E-state index is -0.800. The van der Waals surface area contributed by atoms with E-state index in [0.29, 0.717) is 24.9 Å². The van der Waals surface area contributed by atoms with Crippen molar-refractivity contribution in [2.75, 3.05) is 18.4 Å². The van der Waals surface area contributed by atoms with Crippen LogP contribution in [-0.4, -0.2) is 29.7 Å². The summed E-state index contributed by atoms with van der Waals surface area (Å²) in [5.41, 5.74) is 2.20. The Labute approximate surface area is 120 Å².